The predicted octanol–water partition coefficient (Wildman–Crippen LogP) is 4.27. The lowest BCUT2D eigenvalue weighted by atomic mass is 9.69. The number of carbonyl (C=O) groups excluding carboxylic acids is 1. The fraction of sp³-hybridized carbons (Fsp3) is 0.200. The van der Waals surface area contributed by atoms with Crippen molar-refractivity contribution in [3.05, 3.63) is 71.8 Å². The van der Waals surface area contributed by atoms with Crippen molar-refractivity contribution >= 4 is 23.0 Å². The Balaban J connectivity index is 2.03. The predicted molar refractivity (Wildman–Crippen MR) is 93.8 cm³/mol. The highest BCUT2D eigenvalue weighted by atomic mass is 16.1. The van der Waals surface area contributed by atoms with Crippen LogP contribution in [0, 0.1) is 0 Å². The average molecular weight is 302 g/mol. The van der Waals surface area contributed by atoms with Crippen LogP contribution in [0.3, 0.4) is 0 Å². The van der Waals surface area contributed by atoms with E-state index in [0.29, 0.717) is 6.42 Å². The second kappa shape index (κ2) is 4.92. The van der Waals surface area contributed by atoms with Gasteiger partial charge in [-0.25, -0.2) is 4.99 Å². The first-order valence-corrected chi connectivity index (χ1v) is 7.87. The number of rotatable bonds is 2. The zero-order chi connectivity index (χ0) is 16.0. The van der Waals surface area contributed by atoms with Gasteiger partial charge in [0.25, 0.3) is 0 Å². The molecule has 1 unspecified atom stereocenters. The SMILES string of the molecule is C/C=C/CC12C(=O)c3ccccc3N(C)C1=Nc1ccccc12. The largest absolute Gasteiger partial charge is 0.331 e. The molecule has 114 valence electrons. The Kier molecular flexibility index (Phi) is 2.98. The number of benzene rings is 2. The summed E-state index contributed by atoms with van der Waals surface area (Å²) in [5.41, 5.74) is 2.92. The quantitative estimate of drug-likeness (QED) is 0.776. The molecule has 2 heterocycles. The number of carbonyl (C=O) groups is 1. The second-order valence-corrected chi connectivity index (χ2v) is 6.04. The first kappa shape index (κ1) is 13.9. The normalized spacial score (nSPS) is 21.9. The summed E-state index contributed by atoms with van der Waals surface area (Å²) >= 11 is 0. The van der Waals surface area contributed by atoms with Crippen LogP contribution < -0.4 is 4.90 Å². The van der Waals surface area contributed by atoms with Crippen molar-refractivity contribution in [2.45, 2.75) is 18.8 Å². The van der Waals surface area contributed by atoms with Crippen LogP contribution in [0.2, 0.25) is 0 Å². The highest BCUT2D eigenvalue weighted by Crippen LogP contribution is 2.49. The number of Topliss-reactive ketones (excluding diaryl/α,β-unsaturated/α-hetero) is 1. The molecule has 2 aliphatic rings. The summed E-state index contributed by atoms with van der Waals surface area (Å²) in [6.45, 7) is 1.99. The number of aliphatic imine (C=N–C) groups is 1. The molecule has 2 aromatic carbocycles. The zero-order valence-corrected chi connectivity index (χ0v) is 13.3. The first-order chi connectivity index (χ1) is 11.2. The molecule has 0 N–H and O–H groups in total. The van der Waals surface area contributed by atoms with Gasteiger partial charge in [-0.05, 0) is 37.1 Å². The molecule has 3 heteroatoms. The monoisotopic (exact) mass is 302 g/mol. The molecule has 0 saturated carbocycles. The summed E-state index contributed by atoms with van der Waals surface area (Å²) in [6.07, 6.45) is 4.70. The van der Waals surface area contributed by atoms with Crippen molar-refractivity contribution < 1.29 is 4.79 Å². The molecule has 0 aromatic heterocycles. The van der Waals surface area contributed by atoms with E-state index in [1.165, 1.54) is 0 Å². The van der Waals surface area contributed by atoms with Crippen molar-refractivity contribution in [3.8, 4) is 0 Å². The third-order valence-electron chi connectivity index (χ3n) is 4.85. The summed E-state index contributed by atoms with van der Waals surface area (Å²) in [5, 5.41) is 0. The molecule has 0 saturated heterocycles. The van der Waals surface area contributed by atoms with Crippen LogP contribution in [0.25, 0.3) is 0 Å². The molecular weight excluding hydrogens is 284 g/mol. The minimum Gasteiger partial charge on any atom is -0.331 e. The molecule has 3 nitrogen and oxygen atoms in total. The number of amidine groups is 1. The fourth-order valence-electron chi connectivity index (χ4n) is 3.74. The number of para-hydroxylation sites is 2. The summed E-state index contributed by atoms with van der Waals surface area (Å²) < 4.78 is 0. The number of allylic oxidation sites excluding steroid dienone is 2. The zero-order valence-electron chi connectivity index (χ0n) is 13.3. The van der Waals surface area contributed by atoms with Gasteiger partial charge in [0.15, 0.2) is 5.78 Å². The van der Waals surface area contributed by atoms with Gasteiger partial charge in [-0.2, -0.15) is 0 Å². The molecule has 2 aromatic rings. The number of ketones is 1. The third kappa shape index (κ3) is 1.70. The van der Waals surface area contributed by atoms with Crippen LogP contribution in [0.1, 0.15) is 29.3 Å². The summed E-state index contributed by atoms with van der Waals surface area (Å²) in [4.78, 5) is 20.4. The Morgan fingerprint density at radius 1 is 1.13 bits per heavy atom. The Hall–Kier alpha value is -2.68. The Morgan fingerprint density at radius 3 is 2.70 bits per heavy atom. The van der Waals surface area contributed by atoms with Crippen LogP contribution in [-0.4, -0.2) is 18.7 Å². The second-order valence-electron chi connectivity index (χ2n) is 6.04. The van der Waals surface area contributed by atoms with Crippen LogP contribution in [0.5, 0.6) is 0 Å². The molecule has 0 spiro atoms. The van der Waals surface area contributed by atoms with Crippen LogP contribution in [0.4, 0.5) is 11.4 Å². The van der Waals surface area contributed by atoms with E-state index in [4.69, 9.17) is 4.99 Å². The first-order valence-electron chi connectivity index (χ1n) is 7.87. The molecule has 4 rings (SSSR count). The Morgan fingerprint density at radius 2 is 1.87 bits per heavy atom. The minimum absolute atomic E-state index is 0.146. The number of hydrogen-bond acceptors (Lipinski definition) is 3. The van der Waals surface area contributed by atoms with Gasteiger partial charge in [0.05, 0.1) is 11.4 Å². The Bertz CT molecular complexity index is 865. The average Bonchev–Trinajstić information content (AvgIpc) is 2.94. The van der Waals surface area contributed by atoms with Gasteiger partial charge in [-0.3, -0.25) is 4.79 Å². The van der Waals surface area contributed by atoms with Gasteiger partial charge >= 0.3 is 0 Å². The van der Waals surface area contributed by atoms with E-state index in [1.807, 2.05) is 68.6 Å². The molecule has 0 bridgehead atoms. The maximum absolute atomic E-state index is 13.5. The van der Waals surface area contributed by atoms with Gasteiger partial charge in [0.2, 0.25) is 0 Å². The smallest absolute Gasteiger partial charge is 0.183 e. The van der Waals surface area contributed by atoms with E-state index in [1.54, 1.807) is 0 Å². The van der Waals surface area contributed by atoms with Crippen molar-refractivity contribution in [1.82, 2.24) is 0 Å². The number of nitrogens with zero attached hydrogens (tertiary/aromatic N) is 2. The lowest BCUT2D eigenvalue weighted by molar-refractivity contribution is 0.0928. The summed E-state index contributed by atoms with van der Waals surface area (Å²) in [5.74, 6) is 0.980. The van der Waals surface area contributed by atoms with E-state index >= 15 is 0 Å². The lowest BCUT2D eigenvalue weighted by Gasteiger charge is -2.40. The highest BCUT2D eigenvalue weighted by molar-refractivity contribution is 6.32. The molecule has 23 heavy (non-hydrogen) atoms. The molecule has 0 radical (unpaired) electrons. The summed E-state index contributed by atoms with van der Waals surface area (Å²) in [6, 6.07) is 15.8. The van der Waals surface area contributed by atoms with E-state index < -0.39 is 5.41 Å². The van der Waals surface area contributed by atoms with Gasteiger partial charge < -0.3 is 4.90 Å². The third-order valence-corrected chi connectivity index (χ3v) is 4.85. The molecule has 0 amide bonds. The number of anilines is 1. The van der Waals surface area contributed by atoms with Gasteiger partial charge in [-0.1, -0.05) is 42.5 Å². The molecule has 0 fully saturated rings. The standard InChI is InChI=1S/C20H18N2O/c1-3-4-13-20-15-10-6-7-11-16(15)21-19(20)22(2)17-12-8-5-9-14(17)18(20)23/h3-12H,13H2,1-2H3/b4-3+. The van der Waals surface area contributed by atoms with Gasteiger partial charge in [0.1, 0.15) is 11.3 Å². The van der Waals surface area contributed by atoms with Crippen LogP contribution in [0.15, 0.2) is 65.7 Å². The maximum atomic E-state index is 13.5. The molecule has 1 atom stereocenters. The van der Waals surface area contributed by atoms with E-state index in [-0.39, 0.29) is 5.78 Å². The van der Waals surface area contributed by atoms with Crippen molar-refractivity contribution in [3.63, 3.8) is 0 Å². The summed E-state index contributed by atoms with van der Waals surface area (Å²) in [7, 11) is 2.00. The fourth-order valence-corrected chi connectivity index (χ4v) is 3.74. The van der Waals surface area contributed by atoms with E-state index in [9.17, 15) is 4.79 Å². The van der Waals surface area contributed by atoms with Crippen molar-refractivity contribution in [2.75, 3.05) is 11.9 Å². The topological polar surface area (TPSA) is 32.7 Å². The van der Waals surface area contributed by atoms with Crippen molar-refractivity contribution in [1.29, 1.82) is 0 Å². The maximum Gasteiger partial charge on any atom is 0.183 e. The Labute approximate surface area is 136 Å². The highest BCUT2D eigenvalue weighted by Gasteiger charge is 2.54. The minimum atomic E-state index is -0.702. The number of likely N-dealkylation sites (N-methyl/N-ethyl adjacent to an activating group) is 1. The molecular formula is C20H18N2O. The van der Waals surface area contributed by atoms with Crippen molar-refractivity contribution in [2.24, 2.45) is 4.99 Å². The van der Waals surface area contributed by atoms with Crippen LogP contribution >= 0.6 is 0 Å². The van der Waals surface area contributed by atoms with Gasteiger partial charge in [0, 0.05) is 12.6 Å². The van der Waals surface area contributed by atoms with E-state index in [2.05, 4.69) is 11.0 Å². The van der Waals surface area contributed by atoms with E-state index in [0.717, 1.165) is 28.3 Å². The van der Waals surface area contributed by atoms with Crippen LogP contribution in [-0.2, 0) is 5.41 Å². The number of fused-ring (bicyclic) bond motifs is 4. The lowest BCUT2D eigenvalue weighted by Crippen LogP contribution is -2.52. The molecule has 2 aliphatic heterocycles. The van der Waals surface area contributed by atoms with Gasteiger partial charge in [-0.15, -0.1) is 0 Å². The molecule has 0 aliphatic carbocycles. The number of hydrogen-bond donors (Lipinski definition) is 0.